The number of hydrogen-bond donors (Lipinski definition) is 2. The van der Waals surface area contributed by atoms with Gasteiger partial charge in [0.15, 0.2) is 17.0 Å². The number of amides is 1. The number of aliphatic hydroxyl groups is 2. The summed E-state index contributed by atoms with van der Waals surface area (Å²) in [6, 6.07) is 18.1. The normalized spacial score (nSPS) is 18.5. The van der Waals surface area contributed by atoms with Crippen LogP contribution in [0.25, 0.3) is 11.2 Å². The first-order valence-corrected chi connectivity index (χ1v) is 14.8. The number of rotatable bonds is 11. The molecule has 1 fully saturated rings. The molecular weight excluding hydrogens is 562 g/mol. The summed E-state index contributed by atoms with van der Waals surface area (Å²) in [5, 5.41) is 20.0. The lowest BCUT2D eigenvalue weighted by Gasteiger charge is -2.23. The lowest BCUT2D eigenvalue weighted by atomic mass is 10.1. The van der Waals surface area contributed by atoms with Gasteiger partial charge in [0.1, 0.15) is 12.3 Å². The minimum absolute atomic E-state index is 0.218. The van der Waals surface area contributed by atoms with Crippen molar-refractivity contribution in [2.45, 2.75) is 52.6 Å². The summed E-state index contributed by atoms with van der Waals surface area (Å²) < 4.78 is 13.3. The van der Waals surface area contributed by atoms with Gasteiger partial charge < -0.3 is 24.6 Å². The van der Waals surface area contributed by atoms with Crippen molar-refractivity contribution in [1.82, 2.24) is 24.4 Å². The Morgan fingerprint density at radius 1 is 1.05 bits per heavy atom. The summed E-state index contributed by atoms with van der Waals surface area (Å²) in [5.74, 6) is 1.04. The molecule has 3 unspecified atom stereocenters. The molecule has 0 spiro atoms. The van der Waals surface area contributed by atoms with Crippen molar-refractivity contribution in [3.05, 3.63) is 67.0 Å². The van der Waals surface area contributed by atoms with E-state index in [9.17, 15) is 15.0 Å². The SMILES string of the molecule is CC(C)CN(/C=N/c1nc(OC(=O)N(c2ccccc2)c2ccccc2)nc2c1ncn2C1CC(O)C(CO)O1)CC(C)C. The van der Waals surface area contributed by atoms with Crippen LogP contribution in [0.2, 0.25) is 0 Å². The van der Waals surface area contributed by atoms with Crippen LogP contribution in [-0.4, -0.2) is 79.0 Å². The van der Waals surface area contributed by atoms with E-state index in [0.717, 1.165) is 13.1 Å². The molecule has 12 nitrogen and oxygen atoms in total. The number of benzene rings is 2. The maximum absolute atomic E-state index is 13.7. The van der Waals surface area contributed by atoms with E-state index in [0.29, 0.717) is 34.4 Å². The number of aromatic nitrogens is 4. The molecule has 5 rings (SSSR count). The molecule has 232 valence electrons. The summed E-state index contributed by atoms with van der Waals surface area (Å²) in [5.41, 5.74) is 1.91. The van der Waals surface area contributed by atoms with Crippen LogP contribution in [0.4, 0.5) is 22.0 Å². The Bertz CT molecular complexity index is 1510. The van der Waals surface area contributed by atoms with Crippen LogP contribution >= 0.6 is 0 Å². The summed E-state index contributed by atoms with van der Waals surface area (Å²) in [7, 11) is 0. The van der Waals surface area contributed by atoms with Gasteiger partial charge in [0.25, 0.3) is 0 Å². The smallest absolute Gasteiger partial charge is 0.394 e. The Labute approximate surface area is 256 Å². The second-order valence-corrected chi connectivity index (χ2v) is 11.6. The Balaban J connectivity index is 1.55. The fraction of sp³-hybridized carbons (Fsp3) is 0.406. The zero-order valence-corrected chi connectivity index (χ0v) is 25.4. The first-order valence-electron chi connectivity index (χ1n) is 14.8. The molecule has 3 heterocycles. The first kappa shape index (κ1) is 31.0. The molecule has 2 aromatic heterocycles. The molecule has 1 aliphatic heterocycles. The van der Waals surface area contributed by atoms with Gasteiger partial charge in [-0.2, -0.15) is 9.97 Å². The quantitative estimate of drug-likeness (QED) is 0.178. The molecule has 3 atom stereocenters. The van der Waals surface area contributed by atoms with E-state index < -0.39 is 24.5 Å². The van der Waals surface area contributed by atoms with Gasteiger partial charge in [-0.25, -0.2) is 19.7 Å². The van der Waals surface area contributed by atoms with Crippen molar-refractivity contribution in [3.8, 4) is 6.01 Å². The predicted molar refractivity (Wildman–Crippen MR) is 167 cm³/mol. The van der Waals surface area contributed by atoms with E-state index in [1.165, 1.54) is 11.2 Å². The molecule has 2 aromatic carbocycles. The van der Waals surface area contributed by atoms with Gasteiger partial charge in [-0.1, -0.05) is 64.1 Å². The highest BCUT2D eigenvalue weighted by Gasteiger charge is 2.36. The van der Waals surface area contributed by atoms with E-state index in [1.54, 1.807) is 10.9 Å². The number of fused-ring (bicyclic) bond motifs is 1. The van der Waals surface area contributed by atoms with E-state index in [-0.39, 0.29) is 24.9 Å². The summed E-state index contributed by atoms with van der Waals surface area (Å²) >= 11 is 0. The number of imidazole rings is 1. The first-order chi connectivity index (χ1) is 21.2. The Kier molecular flexibility index (Phi) is 9.83. The number of para-hydroxylation sites is 2. The molecule has 1 saturated heterocycles. The van der Waals surface area contributed by atoms with Crippen LogP contribution in [0.15, 0.2) is 72.0 Å². The second-order valence-electron chi connectivity index (χ2n) is 11.6. The van der Waals surface area contributed by atoms with Crippen LogP contribution in [-0.2, 0) is 4.74 Å². The minimum Gasteiger partial charge on any atom is -0.394 e. The maximum Gasteiger partial charge on any atom is 0.426 e. The highest BCUT2D eigenvalue weighted by molar-refractivity contribution is 5.97. The Morgan fingerprint density at radius 3 is 2.20 bits per heavy atom. The molecule has 0 aliphatic carbocycles. The maximum atomic E-state index is 13.7. The molecule has 44 heavy (non-hydrogen) atoms. The van der Waals surface area contributed by atoms with Gasteiger partial charge in [-0.05, 0) is 36.1 Å². The standard InChI is InChI=1S/C32H39N7O5/c1-21(2)16-37(17-22(3)4)19-34-29-28-30(38(20-33-28)27-15-25(41)26(18-40)43-27)36-31(35-29)44-32(42)39(23-11-7-5-8-12-23)24-13-9-6-10-14-24/h5-14,19-22,25-27,40-41H,15-18H2,1-4H3/b34-19+. The molecule has 0 bridgehead atoms. The van der Waals surface area contributed by atoms with Gasteiger partial charge >= 0.3 is 12.1 Å². The highest BCUT2D eigenvalue weighted by Crippen LogP contribution is 2.34. The predicted octanol–water partition coefficient (Wildman–Crippen LogP) is 5.08. The van der Waals surface area contributed by atoms with Crippen LogP contribution in [0.3, 0.4) is 0 Å². The van der Waals surface area contributed by atoms with Crippen molar-refractivity contribution in [2.75, 3.05) is 24.6 Å². The minimum atomic E-state index is -0.856. The number of aliphatic hydroxyl groups excluding tert-OH is 2. The van der Waals surface area contributed by atoms with Gasteiger partial charge in [-0.3, -0.25) is 4.57 Å². The summed E-state index contributed by atoms with van der Waals surface area (Å²) in [6.07, 6.45) is 0.541. The lowest BCUT2D eigenvalue weighted by molar-refractivity contribution is -0.0432. The molecule has 12 heteroatoms. The Hall–Kier alpha value is -4.39. The fourth-order valence-corrected chi connectivity index (χ4v) is 5.16. The summed E-state index contributed by atoms with van der Waals surface area (Å²) in [4.78, 5) is 35.6. The largest absolute Gasteiger partial charge is 0.426 e. The zero-order valence-electron chi connectivity index (χ0n) is 25.4. The van der Waals surface area contributed by atoms with Gasteiger partial charge in [0.2, 0.25) is 0 Å². The lowest BCUT2D eigenvalue weighted by Crippen LogP contribution is -2.30. The van der Waals surface area contributed by atoms with Crippen molar-refractivity contribution in [2.24, 2.45) is 16.8 Å². The molecular formula is C32H39N7O5. The second kappa shape index (κ2) is 13.9. The number of nitrogens with zero attached hydrogens (tertiary/aromatic N) is 7. The van der Waals surface area contributed by atoms with Crippen LogP contribution in [0, 0.1) is 11.8 Å². The van der Waals surface area contributed by atoms with E-state index in [4.69, 9.17) is 14.5 Å². The third-order valence-corrected chi connectivity index (χ3v) is 7.01. The van der Waals surface area contributed by atoms with Gasteiger partial charge in [0.05, 0.1) is 36.8 Å². The number of ether oxygens (including phenoxy) is 2. The highest BCUT2D eigenvalue weighted by atomic mass is 16.6. The molecule has 2 N–H and O–H groups in total. The van der Waals surface area contributed by atoms with Gasteiger partial charge in [0, 0.05) is 19.5 Å². The molecule has 1 aliphatic rings. The monoisotopic (exact) mass is 601 g/mol. The fourth-order valence-electron chi connectivity index (χ4n) is 5.16. The zero-order chi connectivity index (χ0) is 31.2. The van der Waals surface area contributed by atoms with Crippen molar-refractivity contribution < 1.29 is 24.5 Å². The molecule has 0 radical (unpaired) electrons. The van der Waals surface area contributed by atoms with Crippen molar-refractivity contribution in [1.29, 1.82) is 0 Å². The van der Waals surface area contributed by atoms with Crippen molar-refractivity contribution in [3.63, 3.8) is 0 Å². The third-order valence-electron chi connectivity index (χ3n) is 7.01. The number of carbonyl (C=O) groups is 1. The number of anilines is 2. The third kappa shape index (κ3) is 7.21. The van der Waals surface area contributed by atoms with Crippen LogP contribution in [0.1, 0.15) is 40.3 Å². The van der Waals surface area contributed by atoms with E-state index >= 15 is 0 Å². The molecule has 4 aromatic rings. The topological polar surface area (TPSA) is 138 Å². The van der Waals surface area contributed by atoms with Crippen LogP contribution in [0.5, 0.6) is 6.01 Å². The molecule has 0 saturated carbocycles. The van der Waals surface area contributed by atoms with E-state index in [1.807, 2.05) is 60.7 Å². The average molecular weight is 602 g/mol. The number of hydrogen-bond acceptors (Lipinski definition) is 9. The Morgan fingerprint density at radius 2 is 1.66 bits per heavy atom. The van der Waals surface area contributed by atoms with Crippen LogP contribution < -0.4 is 9.64 Å². The van der Waals surface area contributed by atoms with Crippen molar-refractivity contribution >= 4 is 40.8 Å². The van der Waals surface area contributed by atoms with Gasteiger partial charge in [-0.15, -0.1) is 0 Å². The number of carbonyl (C=O) groups excluding carboxylic acids is 1. The number of aliphatic imine (C=N–C) groups is 1. The van der Waals surface area contributed by atoms with E-state index in [2.05, 4.69) is 47.5 Å². The summed E-state index contributed by atoms with van der Waals surface area (Å²) in [6.45, 7) is 9.84. The molecule has 1 amide bonds. The average Bonchev–Trinajstić information content (AvgIpc) is 3.59.